The minimum absolute atomic E-state index is 0.0616. The summed E-state index contributed by atoms with van der Waals surface area (Å²) in [7, 11) is 1.17. The maximum atomic E-state index is 14.8. The number of rotatable bonds is 7. The van der Waals surface area contributed by atoms with Gasteiger partial charge in [0.15, 0.2) is 0 Å². The molecule has 1 aliphatic rings. The fourth-order valence-corrected chi connectivity index (χ4v) is 4.52. The summed E-state index contributed by atoms with van der Waals surface area (Å²) in [5, 5.41) is -1.19. The van der Waals surface area contributed by atoms with Crippen molar-refractivity contribution in [3.63, 3.8) is 0 Å². The first-order valence-electron chi connectivity index (χ1n) is 9.52. The Hall–Kier alpha value is -1.97. The molecule has 0 unspecified atom stereocenters. The molecule has 0 fully saturated rings. The first-order chi connectivity index (χ1) is 14.6. The first kappa shape index (κ1) is 25.3. The fraction of sp³-hybridized carbons (Fsp3) is 0.500. The van der Waals surface area contributed by atoms with Crippen molar-refractivity contribution in [2.24, 2.45) is 0 Å². The predicted molar refractivity (Wildman–Crippen MR) is 115 cm³/mol. The largest absolute Gasteiger partial charge is 0.469 e. The number of halogens is 3. The second-order valence-electron chi connectivity index (χ2n) is 7.00. The number of ether oxygens (including phenoxy) is 2. The lowest BCUT2D eigenvalue weighted by Gasteiger charge is -2.25. The summed E-state index contributed by atoms with van der Waals surface area (Å²) in [5.41, 5.74) is -0.277. The van der Waals surface area contributed by atoms with Crippen LogP contribution in [0.1, 0.15) is 44.4 Å². The molecule has 1 aromatic heterocycles. The van der Waals surface area contributed by atoms with Gasteiger partial charge in [-0.25, -0.2) is 9.69 Å². The molecule has 0 spiro atoms. The standard InChI is InChI=1S/C20H22Cl2FNO6S/c1-10(2)30-20(28)12-7-5-4-6-11(12)19(27)24(14(25)9-21)17-16(22)13(31-18(17)23)8-15(26)29-3/h10H,4-9H2,1-3H3. The molecule has 0 saturated carbocycles. The van der Waals surface area contributed by atoms with E-state index < -0.39 is 46.6 Å². The van der Waals surface area contributed by atoms with E-state index in [1.54, 1.807) is 13.8 Å². The highest BCUT2D eigenvalue weighted by atomic mass is 35.5. The van der Waals surface area contributed by atoms with Crippen LogP contribution >= 0.6 is 34.5 Å². The lowest BCUT2D eigenvalue weighted by molar-refractivity contribution is -0.143. The third kappa shape index (κ3) is 5.84. The molecule has 0 N–H and O–H groups in total. The van der Waals surface area contributed by atoms with Crippen LogP contribution in [0.25, 0.3) is 0 Å². The highest BCUT2D eigenvalue weighted by Gasteiger charge is 2.36. The van der Waals surface area contributed by atoms with Crippen LogP contribution in [0, 0.1) is 5.13 Å². The Morgan fingerprint density at radius 3 is 2.32 bits per heavy atom. The van der Waals surface area contributed by atoms with Crippen molar-refractivity contribution >= 4 is 64.0 Å². The SMILES string of the molecule is COC(=O)Cc1sc(F)c(N(C(=O)CCl)C(=O)C2=C(C(=O)OC(C)C)CCCC2)c1Cl. The maximum Gasteiger partial charge on any atom is 0.334 e. The van der Waals surface area contributed by atoms with Crippen molar-refractivity contribution in [2.45, 2.75) is 52.1 Å². The Labute approximate surface area is 193 Å². The van der Waals surface area contributed by atoms with E-state index in [0.717, 1.165) is 0 Å². The number of hydrogen-bond acceptors (Lipinski definition) is 7. The van der Waals surface area contributed by atoms with Crippen molar-refractivity contribution in [1.82, 2.24) is 0 Å². The van der Waals surface area contributed by atoms with E-state index in [4.69, 9.17) is 27.9 Å². The predicted octanol–water partition coefficient (Wildman–Crippen LogP) is 4.18. The van der Waals surface area contributed by atoms with E-state index in [0.29, 0.717) is 35.5 Å². The van der Waals surface area contributed by atoms with Gasteiger partial charge in [-0.1, -0.05) is 11.6 Å². The van der Waals surface area contributed by atoms with Crippen LogP contribution in [0.5, 0.6) is 0 Å². The molecule has 1 aliphatic carbocycles. The van der Waals surface area contributed by atoms with Gasteiger partial charge in [-0.2, -0.15) is 4.39 Å². The summed E-state index contributed by atoms with van der Waals surface area (Å²) in [6.07, 6.45) is 1.05. The van der Waals surface area contributed by atoms with Crippen LogP contribution in [0.4, 0.5) is 10.1 Å². The molecule has 0 atom stereocenters. The number of nitrogens with zero attached hydrogens (tertiary/aromatic N) is 1. The van der Waals surface area contributed by atoms with E-state index >= 15 is 0 Å². The van der Waals surface area contributed by atoms with Crippen LogP contribution in [-0.2, 0) is 35.1 Å². The van der Waals surface area contributed by atoms with E-state index in [1.165, 1.54) is 7.11 Å². The minimum Gasteiger partial charge on any atom is -0.469 e. The highest BCUT2D eigenvalue weighted by molar-refractivity contribution is 7.11. The van der Waals surface area contributed by atoms with Crippen LogP contribution in [0.2, 0.25) is 5.02 Å². The van der Waals surface area contributed by atoms with Gasteiger partial charge in [0.1, 0.15) is 11.6 Å². The molecule has 2 amide bonds. The number of carbonyl (C=O) groups is 4. The van der Waals surface area contributed by atoms with Gasteiger partial charge in [0, 0.05) is 16.0 Å². The quantitative estimate of drug-likeness (QED) is 0.418. The second kappa shape index (κ2) is 11.1. The number of carbonyl (C=O) groups excluding carboxylic acids is 4. The summed E-state index contributed by atoms with van der Waals surface area (Å²) in [6.45, 7) is 3.35. The minimum atomic E-state index is -0.932. The molecule has 2 rings (SSSR count). The molecule has 11 heteroatoms. The number of imide groups is 1. The van der Waals surface area contributed by atoms with E-state index in [2.05, 4.69) is 4.74 Å². The molecule has 0 bridgehead atoms. The summed E-state index contributed by atoms with van der Waals surface area (Å²) in [6, 6.07) is 0. The van der Waals surface area contributed by atoms with Gasteiger partial charge in [0.05, 0.1) is 24.7 Å². The Bertz CT molecular complexity index is 927. The summed E-state index contributed by atoms with van der Waals surface area (Å²) < 4.78 is 24.6. The van der Waals surface area contributed by atoms with Gasteiger partial charge < -0.3 is 9.47 Å². The molecule has 0 aromatic carbocycles. The number of alkyl halides is 1. The van der Waals surface area contributed by atoms with Crippen molar-refractivity contribution in [3.05, 3.63) is 26.2 Å². The summed E-state index contributed by atoms with van der Waals surface area (Å²) in [5.74, 6) is -3.73. The number of hydrogen-bond donors (Lipinski definition) is 0. The van der Waals surface area contributed by atoms with Crippen molar-refractivity contribution in [3.8, 4) is 0 Å². The zero-order valence-electron chi connectivity index (χ0n) is 17.3. The average Bonchev–Trinajstić information content (AvgIpc) is 3.00. The maximum absolute atomic E-state index is 14.8. The third-order valence-electron chi connectivity index (χ3n) is 4.49. The molecule has 1 heterocycles. The number of methoxy groups -OCH3 is 1. The molecule has 7 nitrogen and oxygen atoms in total. The Kier molecular flexibility index (Phi) is 9.02. The topological polar surface area (TPSA) is 90.0 Å². The second-order valence-corrected chi connectivity index (χ2v) is 8.70. The average molecular weight is 494 g/mol. The van der Waals surface area contributed by atoms with Gasteiger partial charge in [0.2, 0.25) is 11.0 Å². The van der Waals surface area contributed by atoms with Gasteiger partial charge in [-0.3, -0.25) is 14.4 Å². The molecule has 0 aliphatic heterocycles. The third-order valence-corrected chi connectivity index (χ3v) is 6.21. The Morgan fingerprint density at radius 2 is 1.77 bits per heavy atom. The fourth-order valence-electron chi connectivity index (χ4n) is 3.11. The van der Waals surface area contributed by atoms with Gasteiger partial charge in [0.25, 0.3) is 5.91 Å². The molecule has 31 heavy (non-hydrogen) atoms. The lowest BCUT2D eigenvalue weighted by atomic mass is 9.90. The van der Waals surface area contributed by atoms with Crippen molar-refractivity contribution in [2.75, 3.05) is 17.9 Å². The monoisotopic (exact) mass is 493 g/mol. The number of anilines is 1. The van der Waals surface area contributed by atoms with Crippen molar-refractivity contribution < 1.29 is 33.0 Å². The Morgan fingerprint density at radius 1 is 1.16 bits per heavy atom. The van der Waals surface area contributed by atoms with Crippen LogP contribution < -0.4 is 4.90 Å². The molecule has 0 radical (unpaired) electrons. The van der Waals surface area contributed by atoms with E-state index in [9.17, 15) is 23.6 Å². The normalized spacial score (nSPS) is 13.9. The van der Waals surface area contributed by atoms with Crippen molar-refractivity contribution in [1.29, 1.82) is 0 Å². The zero-order chi connectivity index (χ0) is 23.3. The van der Waals surface area contributed by atoms with E-state index in [1.807, 2.05) is 0 Å². The number of amides is 2. The smallest absolute Gasteiger partial charge is 0.334 e. The van der Waals surface area contributed by atoms with Gasteiger partial charge in [-0.15, -0.1) is 22.9 Å². The van der Waals surface area contributed by atoms with Crippen LogP contribution in [0.3, 0.4) is 0 Å². The summed E-state index contributed by atoms with van der Waals surface area (Å²) >= 11 is 12.4. The molecular weight excluding hydrogens is 472 g/mol. The highest BCUT2D eigenvalue weighted by Crippen LogP contribution is 2.41. The molecule has 0 saturated heterocycles. The van der Waals surface area contributed by atoms with Crippen LogP contribution in [-0.4, -0.2) is 42.8 Å². The zero-order valence-corrected chi connectivity index (χ0v) is 19.6. The Balaban J connectivity index is 2.55. The first-order valence-corrected chi connectivity index (χ1v) is 11.2. The number of esters is 2. The lowest BCUT2D eigenvalue weighted by Crippen LogP contribution is -2.40. The van der Waals surface area contributed by atoms with Gasteiger partial charge in [-0.05, 0) is 39.5 Å². The molecule has 1 aromatic rings. The number of thiophene rings is 1. The summed E-state index contributed by atoms with van der Waals surface area (Å²) in [4.78, 5) is 50.6. The molecular formula is C20H22Cl2FNO6S. The van der Waals surface area contributed by atoms with Crippen LogP contribution in [0.15, 0.2) is 11.1 Å². The molecule has 170 valence electrons. The van der Waals surface area contributed by atoms with Gasteiger partial charge >= 0.3 is 11.9 Å². The van der Waals surface area contributed by atoms with E-state index in [-0.39, 0.29) is 33.9 Å².